The number of imidazole rings is 1. The molecular formula is C17H12BrClF2N2O2. The molecule has 4 nitrogen and oxygen atoms in total. The molecule has 2 aromatic carbocycles. The predicted molar refractivity (Wildman–Crippen MR) is 93.2 cm³/mol. The summed E-state index contributed by atoms with van der Waals surface area (Å²) in [5, 5.41) is 11.0. The van der Waals surface area contributed by atoms with Crippen molar-refractivity contribution in [2.75, 3.05) is 0 Å². The van der Waals surface area contributed by atoms with Crippen LogP contribution in [-0.2, 0) is 0 Å². The van der Waals surface area contributed by atoms with Gasteiger partial charge in [-0.2, -0.15) is 8.78 Å². The number of aliphatic hydroxyl groups is 1. The monoisotopic (exact) mass is 428 g/mol. The molecule has 0 radical (unpaired) electrons. The highest BCUT2D eigenvalue weighted by molar-refractivity contribution is 9.10. The van der Waals surface area contributed by atoms with Gasteiger partial charge in [-0.25, -0.2) is 4.98 Å². The highest BCUT2D eigenvalue weighted by atomic mass is 79.9. The quantitative estimate of drug-likeness (QED) is 0.631. The molecule has 130 valence electrons. The van der Waals surface area contributed by atoms with Gasteiger partial charge in [0.1, 0.15) is 17.7 Å². The van der Waals surface area contributed by atoms with Crippen LogP contribution in [0.4, 0.5) is 8.78 Å². The van der Waals surface area contributed by atoms with E-state index < -0.39 is 18.8 Å². The number of aliphatic hydroxyl groups excluding tert-OH is 1. The van der Waals surface area contributed by atoms with E-state index in [2.05, 4.69) is 20.9 Å². The molecule has 8 heteroatoms. The minimum atomic E-state index is -2.94. The molecule has 0 unspecified atom stereocenters. The lowest BCUT2D eigenvalue weighted by Crippen LogP contribution is -2.11. The molecule has 2 heterocycles. The Kier molecular flexibility index (Phi) is 4.17. The average molecular weight is 430 g/mol. The number of hydrogen-bond acceptors (Lipinski definition) is 3. The van der Waals surface area contributed by atoms with Gasteiger partial charge in [-0.3, -0.25) is 0 Å². The molecule has 25 heavy (non-hydrogen) atoms. The normalized spacial score (nSPS) is 19.6. The van der Waals surface area contributed by atoms with E-state index in [1.807, 2.05) is 4.57 Å². The molecule has 0 saturated heterocycles. The Morgan fingerprint density at radius 2 is 2.12 bits per heavy atom. The third kappa shape index (κ3) is 2.80. The van der Waals surface area contributed by atoms with Gasteiger partial charge >= 0.3 is 6.61 Å². The van der Waals surface area contributed by atoms with E-state index >= 15 is 0 Å². The molecule has 0 spiro atoms. The molecule has 1 aliphatic rings. The van der Waals surface area contributed by atoms with E-state index in [0.29, 0.717) is 32.8 Å². The highest BCUT2D eigenvalue weighted by Crippen LogP contribution is 2.46. The van der Waals surface area contributed by atoms with Crippen LogP contribution in [0.15, 0.2) is 40.9 Å². The van der Waals surface area contributed by atoms with Crippen LogP contribution >= 0.6 is 27.5 Å². The number of alkyl halides is 2. The molecule has 1 N–H and O–H groups in total. The van der Waals surface area contributed by atoms with Crippen LogP contribution in [0.25, 0.3) is 11.0 Å². The fourth-order valence-electron chi connectivity index (χ4n) is 3.36. The number of halogens is 4. The Hall–Kier alpha value is -1.70. The second kappa shape index (κ2) is 6.23. The topological polar surface area (TPSA) is 47.3 Å². The minimum Gasteiger partial charge on any atom is -0.434 e. The maximum absolute atomic E-state index is 12.8. The Morgan fingerprint density at radius 1 is 1.32 bits per heavy atom. The van der Waals surface area contributed by atoms with Gasteiger partial charge in [0.05, 0.1) is 17.1 Å². The molecule has 1 aliphatic heterocycles. The van der Waals surface area contributed by atoms with Crippen molar-refractivity contribution in [3.63, 3.8) is 0 Å². The van der Waals surface area contributed by atoms with Gasteiger partial charge in [0.2, 0.25) is 0 Å². The first-order valence-corrected chi connectivity index (χ1v) is 8.71. The Labute approximate surface area is 155 Å². The summed E-state index contributed by atoms with van der Waals surface area (Å²) in [6.07, 6.45) is -0.491. The van der Waals surface area contributed by atoms with Gasteiger partial charge in [0.25, 0.3) is 0 Å². The molecule has 0 saturated carbocycles. The second-order valence-corrected chi connectivity index (χ2v) is 7.06. The summed E-state index contributed by atoms with van der Waals surface area (Å²) in [7, 11) is 0. The zero-order chi connectivity index (χ0) is 17.7. The lowest BCUT2D eigenvalue weighted by atomic mass is 10.0. The van der Waals surface area contributed by atoms with E-state index in [9.17, 15) is 13.9 Å². The van der Waals surface area contributed by atoms with Crippen LogP contribution in [0.3, 0.4) is 0 Å². The van der Waals surface area contributed by atoms with Gasteiger partial charge < -0.3 is 14.4 Å². The SMILES string of the molecule is O[C@H]1C[C@H](c2c(Br)cccc2OC(F)F)n2c1nc1ccc(Cl)cc12. The first-order valence-electron chi connectivity index (χ1n) is 7.54. The average Bonchev–Trinajstić information content (AvgIpc) is 3.05. The predicted octanol–water partition coefficient (Wildman–Crippen LogP) is 5.08. The summed E-state index contributed by atoms with van der Waals surface area (Å²) >= 11 is 9.52. The summed E-state index contributed by atoms with van der Waals surface area (Å²) in [6.45, 7) is -2.94. The second-order valence-electron chi connectivity index (χ2n) is 5.77. The number of aromatic nitrogens is 2. The zero-order valence-electron chi connectivity index (χ0n) is 12.7. The molecule has 0 amide bonds. The largest absolute Gasteiger partial charge is 0.434 e. The van der Waals surface area contributed by atoms with Crippen molar-refractivity contribution in [3.8, 4) is 5.75 Å². The van der Waals surface area contributed by atoms with Crippen LogP contribution in [-0.4, -0.2) is 21.3 Å². The molecule has 4 rings (SSSR count). The maximum atomic E-state index is 12.8. The van der Waals surface area contributed by atoms with E-state index in [1.165, 1.54) is 6.07 Å². The third-order valence-corrected chi connectivity index (χ3v) is 5.22. The standard InChI is InChI=1S/C17H12BrClF2N2O2/c18-9-2-1-3-14(25-17(20)21)15(9)12-7-13(24)16-22-10-5-4-8(19)6-11(10)23(12)16/h1-6,12-13,17,24H,7H2/t12-,13+/m1/s1. The van der Waals surface area contributed by atoms with Crippen LogP contribution in [0.2, 0.25) is 5.02 Å². The molecule has 2 atom stereocenters. The summed E-state index contributed by atoms with van der Waals surface area (Å²) in [5.41, 5.74) is 1.97. The van der Waals surface area contributed by atoms with E-state index in [0.717, 1.165) is 5.52 Å². The van der Waals surface area contributed by atoms with Crippen molar-refractivity contribution in [1.29, 1.82) is 0 Å². The summed E-state index contributed by atoms with van der Waals surface area (Å²) < 4.78 is 32.8. The van der Waals surface area contributed by atoms with Crippen LogP contribution in [0, 0.1) is 0 Å². The third-order valence-electron chi connectivity index (χ3n) is 4.30. The molecule has 0 aliphatic carbocycles. The number of benzene rings is 2. The van der Waals surface area contributed by atoms with Crippen molar-refractivity contribution in [2.45, 2.75) is 25.2 Å². The molecule has 0 fully saturated rings. The van der Waals surface area contributed by atoms with Crippen molar-refractivity contribution in [3.05, 3.63) is 57.3 Å². The first kappa shape index (κ1) is 16.8. The zero-order valence-corrected chi connectivity index (χ0v) is 15.0. The Balaban J connectivity index is 1.93. The van der Waals surface area contributed by atoms with Crippen molar-refractivity contribution in [1.82, 2.24) is 9.55 Å². The van der Waals surface area contributed by atoms with Gasteiger partial charge in [0, 0.05) is 21.5 Å². The first-order chi connectivity index (χ1) is 12.0. The summed E-state index contributed by atoms with van der Waals surface area (Å²) in [6, 6.07) is 9.70. The van der Waals surface area contributed by atoms with Crippen molar-refractivity contribution < 1.29 is 18.6 Å². The molecular weight excluding hydrogens is 418 g/mol. The molecule has 3 aromatic rings. The van der Waals surface area contributed by atoms with Gasteiger partial charge in [0.15, 0.2) is 0 Å². The Morgan fingerprint density at radius 3 is 2.88 bits per heavy atom. The lowest BCUT2D eigenvalue weighted by Gasteiger charge is -2.20. The van der Waals surface area contributed by atoms with E-state index in [1.54, 1.807) is 30.3 Å². The van der Waals surface area contributed by atoms with Gasteiger partial charge in [-0.15, -0.1) is 0 Å². The summed E-state index contributed by atoms with van der Waals surface area (Å²) in [4.78, 5) is 4.46. The maximum Gasteiger partial charge on any atom is 0.387 e. The van der Waals surface area contributed by atoms with Crippen LogP contribution in [0.1, 0.15) is 30.0 Å². The van der Waals surface area contributed by atoms with Crippen molar-refractivity contribution in [2.24, 2.45) is 0 Å². The van der Waals surface area contributed by atoms with Gasteiger partial charge in [-0.05, 0) is 30.3 Å². The van der Waals surface area contributed by atoms with Crippen LogP contribution < -0.4 is 4.74 Å². The number of fused-ring (bicyclic) bond motifs is 3. The highest BCUT2D eigenvalue weighted by Gasteiger charge is 2.36. The smallest absolute Gasteiger partial charge is 0.387 e. The van der Waals surface area contributed by atoms with Crippen molar-refractivity contribution >= 4 is 38.6 Å². The number of hydrogen-bond donors (Lipinski definition) is 1. The van der Waals surface area contributed by atoms with E-state index in [-0.39, 0.29) is 5.75 Å². The van der Waals surface area contributed by atoms with Crippen LogP contribution in [0.5, 0.6) is 5.75 Å². The minimum absolute atomic E-state index is 0.0679. The fourth-order valence-corrected chi connectivity index (χ4v) is 4.13. The lowest BCUT2D eigenvalue weighted by molar-refractivity contribution is -0.0507. The summed E-state index contributed by atoms with van der Waals surface area (Å²) in [5.74, 6) is 0.555. The Bertz CT molecular complexity index is 963. The van der Waals surface area contributed by atoms with E-state index in [4.69, 9.17) is 16.3 Å². The number of rotatable bonds is 3. The molecule has 0 bridgehead atoms. The number of nitrogens with zero attached hydrogens (tertiary/aromatic N) is 2. The molecule has 1 aromatic heterocycles. The fraction of sp³-hybridized carbons (Fsp3) is 0.235. The van der Waals surface area contributed by atoms with Gasteiger partial charge in [-0.1, -0.05) is 33.6 Å². The number of ether oxygens (including phenoxy) is 1.